The molecule has 1 aliphatic carbocycles. The number of rotatable bonds is 2. The van der Waals surface area contributed by atoms with E-state index >= 15 is 0 Å². The molecule has 90 valence electrons. The van der Waals surface area contributed by atoms with Crippen LogP contribution in [0.5, 0.6) is 0 Å². The summed E-state index contributed by atoms with van der Waals surface area (Å²) in [5.74, 6) is 0. The van der Waals surface area contributed by atoms with Crippen LogP contribution >= 0.6 is 0 Å². The smallest absolute Gasteiger partial charge is 0.0119 e. The summed E-state index contributed by atoms with van der Waals surface area (Å²) in [5, 5.41) is 0. The summed E-state index contributed by atoms with van der Waals surface area (Å²) in [4.78, 5) is 0. The van der Waals surface area contributed by atoms with E-state index in [9.17, 15) is 0 Å². The summed E-state index contributed by atoms with van der Waals surface area (Å²) in [6, 6.07) is 17.7. The van der Waals surface area contributed by atoms with Crippen molar-refractivity contribution >= 4 is 5.57 Å². The Morgan fingerprint density at radius 2 is 1.28 bits per heavy atom. The Labute approximate surface area is 109 Å². The van der Waals surface area contributed by atoms with Crippen LogP contribution in [0, 0.1) is 13.8 Å². The summed E-state index contributed by atoms with van der Waals surface area (Å²) in [6.07, 6.45) is 2.52. The zero-order valence-electron chi connectivity index (χ0n) is 11.0. The Hall–Kier alpha value is -1.82. The first kappa shape index (κ1) is 11.3. The normalized spacial score (nSPS) is 13.6. The van der Waals surface area contributed by atoms with Crippen molar-refractivity contribution in [3.05, 3.63) is 76.4 Å². The molecule has 0 bridgehead atoms. The molecular weight excluding hydrogens is 216 g/mol. The van der Waals surface area contributed by atoms with Crippen LogP contribution in [0.15, 0.2) is 54.1 Å². The number of hydrogen-bond acceptors (Lipinski definition) is 0. The molecule has 0 heterocycles. The van der Waals surface area contributed by atoms with Crippen LogP contribution in [-0.4, -0.2) is 0 Å². The molecule has 1 aliphatic rings. The second kappa shape index (κ2) is 4.45. The van der Waals surface area contributed by atoms with Crippen molar-refractivity contribution in [2.45, 2.75) is 26.7 Å². The van der Waals surface area contributed by atoms with E-state index < -0.39 is 0 Å². The van der Waals surface area contributed by atoms with E-state index in [1.807, 2.05) is 0 Å². The Morgan fingerprint density at radius 3 is 1.67 bits per heavy atom. The van der Waals surface area contributed by atoms with Gasteiger partial charge in [0.05, 0.1) is 0 Å². The molecule has 0 heteroatoms. The van der Waals surface area contributed by atoms with Gasteiger partial charge in [-0.3, -0.25) is 0 Å². The quantitative estimate of drug-likeness (QED) is 0.693. The molecule has 3 rings (SSSR count). The molecule has 18 heavy (non-hydrogen) atoms. The lowest BCUT2D eigenvalue weighted by atomic mass is 9.95. The molecule has 0 unspecified atom stereocenters. The van der Waals surface area contributed by atoms with Gasteiger partial charge in [-0.2, -0.15) is 0 Å². The second-order valence-corrected chi connectivity index (χ2v) is 5.22. The van der Waals surface area contributed by atoms with Crippen molar-refractivity contribution in [2.24, 2.45) is 0 Å². The number of hydrogen-bond donors (Lipinski definition) is 0. The van der Waals surface area contributed by atoms with Gasteiger partial charge < -0.3 is 0 Å². The number of aryl methyl sites for hydroxylation is 2. The minimum atomic E-state index is 1.26. The van der Waals surface area contributed by atoms with Crippen molar-refractivity contribution in [3.63, 3.8) is 0 Å². The van der Waals surface area contributed by atoms with E-state index in [4.69, 9.17) is 0 Å². The molecule has 0 amide bonds. The van der Waals surface area contributed by atoms with E-state index in [1.165, 1.54) is 40.7 Å². The van der Waals surface area contributed by atoms with Crippen molar-refractivity contribution in [1.82, 2.24) is 0 Å². The van der Waals surface area contributed by atoms with Gasteiger partial charge in [0, 0.05) is 0 Å². The van der Waals surface area contributed by atoms with Crippen LogP contribution in [0.3, 0.4) is 0 Å². The van der Waals surface area contributed by atoms with Gasteiger partial charge in [-0.1, -0.05) is 65.2 Å². The van der Waals surface area contributed by atoms with Crippen molar-refractivity contribution < 1.29 is 0 Å². The monoisotopic (exact) mass is 234 g/mol. The Kier molecular flexibility index (Phi) is 2.79. The van der Waals surface area contributed by atoms with Gasteiger partial charge in [0.1, 0.15) is 0 Å². The Morgan fingerprint density at radius 1 is 0.778 bits per heavy atom. The minimum absolute atomic E-state index is 1.26. The van der Waals surface area contributed by atoms with E-state index in [0.717, 1.165) is 0 Å². The highest BCUT2D eigenvalue weighted by Gasteiger charge is 2.20. The van der Waals surface area contributed by atoms with Gasteiger partial charge >= 0.3 is 0 Å². The standard InChI is InChI=1S/C18H18/c1-13-5-3-7-16(11-13)18(15-9-10-15)17-8-4-6-14(2)12-17/h3-8,11-12H,9-10H2,1-2H3. The second-order valence-electron chi connectivity index (χ2n) is 5.22. The number of allylic oxidation sites excluding steroid dienone is 1. The first-order valence-corrected chi connectivity index (χ1v) is 6.60. The maximum absolute atomic E-state index is 2.29. The van der Waals surface area contributed by atoms with Crippen molar-refractivity contribution in [2.75, 3.05) is 0 Å². The van der Waals surface area contributed by atoms with Gasteiger partial charge in [-0.25, -0.2) is 0 Å². The fraction of sp³-hybridized carbons (Fsp3) is 0.222. The van der Waals surface area contributed by atoms with E-state index in [1.54, 1.807) is 5.57 Å². The molecule has 0 aromatic heterocycles. The largest absolute Gasteiger partial charge is 0.0614 e. The van der Waals surface area contributed by atoms with E-state index in [0.29, 0.717) is 0 Å². The molecule has 1 saturated carbocycles. The van der Waals surface area contributed by atoms with Crippen LogP contribution in [0.2, 0.25) is 0 Å². The Balaban J connectivity index is 2.13. The van der Waals surface area contributed by atoms with Crippen molar-refractivity contribution in [1.29, 1.82) is 0 Å². The molecule has 2 aromatic rings. The molecule has 0 spiro atoms. The summed E-state index contributed by atoms with van der Waals surface area (Å²) in [6.45, 7) is 4.32. The minimum Gasteiger partial charge on any atom is -0.0614 e. The third kappa shape index (κ3) is 2.24. The van der Waals surface area contributed by atoms with E-state index in [2.05, 4.69) is 62.4 Å². The van der Waals surface area contributed by atoms with Gasteiger partial charge in [0.2, 0.25) is 0 Å². The summed E-state index contributed by atoms with van der Waals surface area (Å²) >= 11 is 0. The van der Waals surface area contributed by atoms with Crippen molar-refractivity contribution in [3.8, 4) is 0 Å². The lowest BCUT2D eigenvalue weighted by molar-refractivity contribution is 1.41. The molecular formula is C18H18. The van der Waals surface area contributed by atoms with Crippen LogP contribution in [-0.2, 0) is 0 Å². The van der Waals surface area contributed by atoms with Gasteiger partial charge in [-0.05, 0) is 43.4 Å². The van der Waals surface area contributed by atoms with Crippen LogP contribution < -0.4 is 0 Å². The molecule has 0 saturated heterocycles. The third-order valence-corrected chi connectivity index (χ3v) is 3.47. The lowest BCUT2D eigenvalue weighted by Crippen LogP contribution is -1.89. The summed E-state index contributed by atoms with van der Waals surface area (Å²) in [7, 11) is 0. The fourth-order valence-electron chi connectivity index (χ4n) is 2.49. The molecule has 2 aromatic carbocycles. The fourth-order valence-corrected chi connectivity index (χ4v) is 2.49. The van der Waals surface area contributed by atoms with Crippen LogP contribution in [0.25, 0.3) is 5.57 Å². The van der Waals surface area contributed by atoms with Crippen LogP contribution in [0.4, 0.5) is 0 Å². The zero-order chi connectivity index (χ0) is 12.5. The highest BCUT2D eigenvalue weighted by molar-refractivity contribution is 5.84. The average molecular weight is 234 g/mol. The predicted molar refractivity (Wildman–Crippen MR) is 77.6 cm³/mol. The predicted octanol–water partition coefficient (Wildman–Crippen LogP) is 4.90. The van der Waals surface area contributed by atoms with E-state index in [-0.39, 0.29) is 0 Å². The highest BCUT2D eigenvalue weighted by Crippen LogP contribution is 2.40. The van der Waals surface area contributed by atoms with Crippen LogP contribution in [0.1, 0.15) is 35.1 Å². The summed E-state index contributed by atoms with van der Waals surface area (Å²) < 4.78 is 0. The molecule has 0 nitrogen and oxygen atoms in total. The zero-order valence-corrected chi connectivity index (χ0v) is 11.0. The molecule has 0 radical (unpaired) electrons. The maximum atomic E-state index is 2.29. The molecule has 0 atom stereocenters. The highest BCUT2D eigenvalue weighted by atomic mass is 14.2. The molecule has 0 N–H and O–H groups in total. The first-order chi connectivity index (χ1) is 8.74. The SMILES string of the molecule is Cc1cccc(C(=C2CC2)c2cccc(C)c2)c1. The first-order valence-electron chi connectivity index (χ1n) is 6.60. The van der Waals surface area contributed by atoms with Gasteiger partial charge in [0.25, 0.3) is 0 Å². The van der Waals surface area contributed by atoms with Gasteiger partial charge in [0.15, 0.2) is 0 Å². The average Bonchev–Trinajstić information content (AvgIpc) is 3.14. The maximum Gasteiger partial charge on any atom is -0.0119 e. The Bertz CT molecular complexity index is 564. The number of benzene rings is 2. The topological polar surface area (TPSA) is 0 Å². The van der Waals surface area contributed by atoms with Gasteiger partial charge in [-0.15, -0.1) is 0 Å². The molecule has 0 aliphatic heterocycles. The third-order valence-electron chi connectivity index (χ3n) is 3.47. The lowest BCUT2D eigenvalue weighted by Gasteiger charge is -2.10. The summed E-state index contributed by atoms with van der Waals surface area (Å²) in [5.41, 5.74) is 8.47. The molecule has 1 fully saturated rings.